The van der Waals surface area contributed by atoms with Crippen molar-refractivity contribution in [2.75, 3.05) is 26.2 Å². The van der Waals surface area contributed by atoms with E-state index in [1.165, 1.54) is 10.2 Å². The summed E-state index contributed by atoms with van der Waals surface area (Å²) in [6.45, 7) is 5.75. The van der Waals surface area contributed by atoms with Crippen molar-refractivity contribution in [2.45, 2.75) is 77.0 Å². The van der Waals surface area contributed by atoms with Crippen molar-refractivity contribution < 1.29 is 19.2 Å². The first-order chi connectivity index (χ1) is 23.3. The van der Waals surface area contributed by atoms with Gasteiger partial charge in [0.25, 0.3) is 5.91 Å². The van der Waals surface area contributed by atoms with Crippen molar-refractivity contribution in [3.05, 3.63) is 89.2 Å². The maximum absolute atomic E-state index is 13.6. The van der Waals surface area contributed by atoms with Crippen LogP contribution in [0.1, 0.15) is 72.6 Å². The van der Waals surface area contributed by atoms with E-state index in [0.717, 1.165) is 62.9 Å². The van der Waals surface area contributed by atoms with E-state index >= 15 is 0 Å². The molecule has 48 heavy (non-hydrogen) atoms. The fraction of sp³-hybridized carbons (Fsp3) is 0.486. The summed E-state index contributed by atoms with van der Waals surface area (Å²) in [7, 11) is 1.71. The average Bonchev–Trinajstić information content (AvgIpc) is 3.56. The maximum atomic E-state index is 13.6. The van der Waals surface area contributed by atoms with E-state index < -0.39 is 12.1 Å². The van der Waals surface area contributed by atoms with Crippen molar-refractivity contribution >= 4 is 23.6 Å². The van der Waals surface area contributed by atoms with Gasteiger partial charge in [0, 0.05) is 65.4 Å². The highest BCUT2D eigenvalue weighted by molar-refractivity contribution is 5.96. The van der Waals surface area contributed by atoms with E-state index in [-0.39, 0.29) is 29.5 Å². The average molecular weight is 656 g/mol. The van der Waals surface area contributed by atoms with Crippen molar-refractivity contribution in [3.8, 4) is 0 Å². The minimum Gasteiger partial charge on any atom is -0.350 e. The molecule has 0 spiro atoms. The van der Waals surface area contributed by atoms with Gasteiger partial charge < -0.3 is 20.9 Å². The Hall–Kier alpha value is -4.51. The highest BCUT2D eigenvalue weighted by Gasteiger charge is 2.32. The van der Waals surface area contributed by atoms with E-state index in [4.69, 9.17) is 0 Å². The SMILES string of the molecule is CCC(=O)N[C@H](Cc1ccc(CNC(=O)C(NC(=O)c2ccnn2C)C2CCCCC2)cc1)C(=O)N1CCN(Cc2ccccc2)CC1. The molecule has 5 rings (SSSR count). The molecule has 1 aromatic heterocycles. The smallest absolute Gasteiger partial charge is 0.270 e. The number of rotatable bonds is 13. The van der Waals surface area contributed by atoms with Gasteiger partial charge in [0.2, 0.25) is 17.7 Å². The van der Waals surface area contributed by atoms with Crippen LogP contribution in [-0.2, 0) is 40.9 Å². The van der Waals surface area contributed by atoms with E-state index in [1.807, 2.05) is 47.4 Å². The van der Waals surface area contributed by atoms with Gasteiger partial charge in [-0.25, -0.2) is 0 Å². The molecule has 11 heteroatoms. The molecule has 1 aliphatic heterocycles. The Kier molecular flexibility index (Phi) is 12.4. The zero-order chi connectivity index (χ0) is 33.9. The Bertz CT molecular complexity index is 1510. The van der Waals surface area contributed by atoms with E-state index in [9.17, 15) is 19.2 Å². The summed E-state index contributed by atoms with van der Waals surface area (Å²) in [6.07, 6.45) is 7.29. The predicted molar refractivity (Wildman–Crippen MR) is 184 cm³/mol. The van der Waals surface area contributed by atoms with Gasteiger partial charge in [-0.2, -0.15) is 5.10 Å². The first-order valence-electron chi connectivity index (χ1n) is 17.3. The molecule has 256 valence electrons. The number of carbonyl (C=O) groups is 4. The van der Waals surface area contributed by atoms with Crippen LogP contribution >= 0.6 is 0 Å². The number of hydrogen-bond acceptors (Lipinski definition) is 6. The van der Waals surface area contributed by atoms with Gasteiger partial charge in [0.05, 0.1) is 0 Å². The standard InChI is InChI=1S/C37H49N7O4/c1-3-33(45)40-31(37(48)44-22-20-43(21-23-44)26-29-10-6-4-7-11-29)24-27-14-16-28(17-15-27)25-38-36(47)34(30-12-8-5-9-13-30)41-35(46)32-18-19-39-42(32)2/h4,6-7,10-11,14-19,30-31,34H,3,5,8-9,12-13,20-26H2,1-2H3,(H,38,47)(H,40,45)(H,41,46)/t31-,34?/m1/s1. The molecule has 1 saturated heterocycles. The normalized spacial score (nSPS) is 16.9. The second kappa shape index (κ2) is 17.1. The molecule has 1 unspecified atom stereocenters. The molecule has 2 aliphatic rings. The Balaban J connectivity index is 1.16. The van der Waals surface area contributed by atoms with Gasteiger partial charge in [-0.1, -0.05) is 80.8 Å². The number of aryl methyl sites for hydroxylation is 1. The Morgan fingerprint density at radius 3 is 2.17 bits per heavy atom. The summed E-state index contributed by atoms with van der Waals surface area (Å²) in [5, 5.41) is 13.1. The Morgan fingerprint density at radius 1 is 0.833 bits per heavy atom. The van der Waals surface area contributed by atoms with Crippen molar-refractivity contribution in [3.63, 3.8) is 0 Å². The van der Waals surface area contributed by atoms with Gasteiger partial charge in [-0.3, -0.25) is 28.8 Å². The first-order valence-corrected chi connectivity index (χ1v) is 17.3. The number of piperazine rings is 1. The van der Waals surface area contributed by atoms with E-state index in [2.05, 4.69) is 38.1 Å². The van der Waals surface area contributed by atoms with E-state index in [1.54, 1.807) is 26.2 Å². The number of hydrogen-bond donors (Lipinski definition) is 3. The van der Waals surface area contributed by atoms with Crippen LogP contribution in [0.15, 0.2) is 66.9 Å². The third kappa shape index (κ3) is 9.53. The molecule has 1 saturated carbocycles. The van der Waals surface area contributed by atoms with Crippen LogP contribution in [-0.4, -0.2) is 81.5 Å². The van der Waals surface area contributed by atoms with E-state index in [0.29, 0.717) is 38.2 Å². The van der Waals surface area contributed by atoms with Crippen LogP contribution < -0.4 is 16.0 Å². The van der Waals surface area contributed by atoms with Gasteiger partial charge >= 0.3 is 0 Å². The molecular weight excluding hydrogens is 606 g/mol. The molecule has 3 N–H and O–H groups in total. The largest absolute Gasteiger partial charge is 0.350 e. The Morgan fingerprint density at radius 2 is 1.52 bits per heavy atom. The molecule has 2 atom stereocenters. The fourth-order valence-electron chi connectivity index (χ4n) is 6.69. The number of carbonyl (C=O) groups excluding carboxylic acids is 4. The number of amides is 4. The Labute approximate surface area is 283 Å². The van der Waals surface area contributed by atoms with Crippen LogP contribution in [0.25, 0.3) is 0 Å². The minimum absolute atomic E-state index is 0.0607. The summed E-state index contributed by atoms with van der Waals surface area (Å²) in [4.78, 5) is 56.7. The predicted octanol–water partition coefficient (Wildman–Crippen LogP) is 3.20. The molecule has 1 aliphatic carbocycles. The zero-order valence-corrected chi connectivity index (χ0v) is 28.2. The maximum Gasteiger partial charge on any atom is 0.270 e. The summed E-state index contributed by atoms with van der Waals surface area (Å²) < 4.78 is 1.51. The first kappa shape index (κ1) is 34.8. The summed E-state index contributed by atoms with van der Waals surface area (Å²) in [6, 6.07) is 18.5. The lowest BCUT2D eigenvalue weighted by Gasteiger charge is -2.36. The summed E-state index contributed by atoms with van der Waals surface area (Å²) in [5.41, 5.74) is 3.50. The lowest BCUT2D eigenvalue weighted by molar-refractivity contribution is -0.138. The zero-order valence-electron chi connectivity index (χ0n) is 28.2. The van der Waals surface area contributed by atoms with Crippen LogP contribution in [0.4, 0.5) is 0 Å². The van der Waals surface area contributed by atoms with Crippen LogP contribution in [0, 0.1) is 5.92 Å². The van der Waals surface area contributed by atoms with Crippen LogP contribution in [0.3, 0.4) is 0 Å². The molecular formula is C37H49N7O4. The highest BCUT2D eigenvalue weighted by atomic mass is 16.2. The second-order valence-corrected chi connectivity index (χ2v) is 13.0. The second-order valence-electron chi connectivity index (χ2n) is 13.0. The molecule has 2 aromatic carbocycles. The van der Waals surface area contributed by atoms with Crippen LogP contribution in [0.5, 0.6) is 0 Å². The molecule has 4 amide bonds. The van der Waals surface area contributed by atoms with Crippen LogP contribution in [0.2, 0.25) is 0 Å². The van der Waals surface area contributed by atoms with Gasteiger partial charge in [-0.15, -0.1) is 0 Å². The lowest BCUT2D eigenvalue weighted by Crippen LogP contribution is -2.55. The van der Waals surface area contributed by atoms with Gasteiger partial charge in [0.15, 0.2) is 0 Å². The van der Waals surface area contributed by atoms with Gasteiger partial charge in [-0.05, 0) is 41.5 Å². The quantitative estimate of drug-likeness (QED) is 0.260. The van der Waals surface area contributed by atoms with Gasteiger partial charge in [0.1, 0.15) is 17.8 Å². The van der Waals surface area contributed by atoms with Crippen molar-refractivity contribution in [1.29, 1.82) is 0 Å². The third-order valence-electron chi connectivity index (χ3n) is 9.56. The molecule has 2 fully saturated rings. The number of nitrogens with one attached hydrogen (secondary N) is 3. The number of aromatic nitrogens is 2. The monoisotopic (exact) mass is 655 g/mol. The molecule has 0 bridgehead atoms. The number of benzene rings is 2. The molecule has 3 aromatic rings. The molecule has 2 heterocycles. The molecule has 0 radical (unpaired) electrons. The van der Waals surface area contributed by atoms with Crippen molar-refractivity contribution in [2.24, 2.45) is 13.0 Å². The fourth-order valence-corrected chi connectivity index (χ4v) is 6.69. The minimum atomic E-state index is -0.650. The van der Waals surface area contributed by atoms with Crippen molar-refractivity contribution in [1.82, 2.24) is 35.5 Å². The summed E-state index contributed by atoms with van der Waals surface area (Å²) in [5.74, 6) is -0.637. The lowest BCUT2D eigenvalue weighted by atomic mass is 9.83. The topological polar surface area (TPSA) is 129 Å². The summed E-state index contributed by atoms with van der Waals surface area (Å²) >= 11 is 0. The highest BCUT2D eigenvalue weighted by Crippen LogP contribution is 2.27. The third-order valence-corrected chi connectivity index (χ3v) is 9.56. The number of nitrogens with zero attached hydrogens (tertiary/aromatic N) is 4. The molecule has 11 nitrogen and oxygen atoms in total.